The van der Waals surface area contributed by atoms with Gasteiger partial charge in [0.05, 0.1) is 5.39 Å². The lowest BCUT2D eigenvalue weighted by molar-refractivity contribution is 0.356. The lowest BCUT2D eigenvalue weighted by atomic mass is 9.92. The van der Waals surface area contributed by atoms with E-state index < -0.39 is 0 Å². The molecule has 3 heterocycles. The van der Waals surface area contributed by atoms with E-state index in [0.29, 0.717) is 17.1 Å². The molecule has 2 aromatic heterocycles. The molecule has 2 aromatic rings. The molecule has 1 saturated heterocycles. The van der Waals surface area contributed by atoms with Crippen LogP contribution in [0.3, 0.4) is 0 Å². The molecule has 0 amide bonds. The third kappa shape index (κ3) is 2.33. The van der Waals surface area contributed by atoms with E-state index in [0.717, 1.165) is 23.7 Å². The molecule has 0 saturated carbocycles. The predicted octanol–water partition coefficient (Wildman–Crippen LogP) is 4.32. The summed E-state index contributed by atoms with van der Waals surface area (Å²) < 4.78 is 0. The maximum Gasteiger partial charge on any atom is 0.225 e. The highest BCUT2D eigenvalue weighted by Gasteiger charge is 2.28. The van der Waals surface area contributed by atoms with Crippen LogP contribution in [0.2, 0.25) is 5.28 Å². The number of nitrogens with zero attached hydrogens (tertiary/aromatic N) is 3. The minimum atomic E-state index is 0.392. The molecule has 0 bridgehead atoms. The fourth-order valence-electron chi connectivity index (χ4n) is 4.02. The average molecular weight is 322 g/mol. The van der Waals surface area contributed by atoms with Gasteiger partial charge in [-0.15, -0.1) is 11.3 Å². The molecule has 21 heavy (non-hydrogen) atoms. The molecule has 112 valence electrons. The van der Waals surface area contributed by atoms with E-state index in [2.05, 4.69) is 28.7 Å². The molecule has 2 unspecified atom stereocenters. The summed E-state index contributed by atoms with van der Waals surface area (Å²) in [5, 5.41) is 1.68. The van der Waals surface area contributed by atoms with Crippen LogP contribution in [0, 0.1) is 11.8 Å². The second-order valence-corrected chi connectivity index (χ2v) is 8.13. The summed E-state index contributed by atoms with van der Waals surface area (Å²) in [4.78, 5) is 14.1. The summed E-state index contributed by atoms with van der Waals surface area (Å²) in [6, 6.07) is 0. The highest BCUT2D eigenvalue weighted by Crippen LogP contribution is 2.42. The molecule has 4 rings (SSSR count). The number of piperidine rings is 1. The molecule has 2 aliphatic rings. The minimum Gasteiger partial charge on any atom is -0.355 e. The number of halogens is 1. The van der Waals surface area contributed by atoms with Crippen LogP contribution in [0.1, 0.15) is 37.1 Å². The highest BCUT2D eigenvalue weighted by atomic mass is 35.5. The fraction of sp³-hybridized carbons (Fsp3) is 0.625. The molecule has 1 fully saturated rings. The molecule has 0 N–H and O–H groups in total. The van der Waals surface area contributed by atoms with E-state index in [-0.39, 0.29) is 0 Å². The summed E-state index contributed by atoms with van der Waals surface area (Å²) >= 11 is 8.01. The Kier molecular flexibility index (Phi) is 3.34. The Morgan fingerprint density at radius 3 is 2.67 bits per heavy atom. The van der Waals surface area contributed by atoms with Crippen molar-refractivity contribution in [1.29, 1.82) is 0 Å². The van der Waals surface area contributed by atoms with E-state index in [4.69, 9.17) is 11.6 Å². The number of aromatic nitrogens is 2. The number of hydrogen-bond acceptors (Lipinski definition) is 4. The summed E-state index contributed by atoms with van der Waals surface area (Å²) in [5.74, 6) is 2.51. The van der Waals surface area contributed by atoms with Crippen LogP contribution in [0.4, 0.5) is 5.82 Å². The first-order chi connectivity index (χ1) is 10.1. The Labute approximate surface area is 134 Å². The molecule has 1 aliphatic heterocycles. The van der Waals surface area contributed by atoms with E-state index in [1.807, 2.05) is 11.3 Å². The van der Waals surface area contributed by atoms with Crippen molar-refractivity contribution >= 4 is 39.0 Å². The highest BCUT2D eigenvalue weighted by molar-refractivity contribution is 7.19. The molecule has 0 radical (unpaired) electrons. The fourth-order valence-corrected chi connectivity index (χ4v) is 5.49. The normalized spacial score (nSPS) is 25.6. The molecule has 5 heteroatoms. The summed E-state index contributed by atoms with van der Waals surface area (Å²) in [5.41, 5.74) is 1.49. The quantitative estimate of drug-likeness (QED) is 0.733. The second-order valence-electron chi connectivity index (χ2n) is 6.70. The molecule has 0 spiro atoms. The van der Waals surface area contributed by atoms with Crippen molar-refractivity contribution in [3.05, 3.63) is 15.7 Å². The van der Waals surface area contributed by atoms with E-state index in [1.54, 1.807) is 0 Å². The zero-order valence-corrected chi connectivity index (χ0v) is 14.1. The van der Waals surface area contributed by atoms with Gasteiger partial charge in [0.1, 0.15) is 10.6 Å². The standard InChI is InChI=1S/C16H20ClN3S/c1-9-6-10(2)8-20(7-9)14-13-11-4-3-5-12(11)21-15(13)19-16(17)18-14/h9-10H,3-8H2,1-2H3. The third-order valence-corrected chi connectivity index (χ3v) is 6.04. The smallest absolute Gasteiger partial charge is 0.225 e. The lowest BCUT2D eigenvalue weighted by Crippen LogP contribution is -2.39. The number of fused-ring (bicyclic) bond motifs is 3. The zero-order chi connectivity index (χ0) is 14.6. The van der Waals surface area contributed by atoms with Crippen molar-refractivity contribution in [3.63, 3.8) is 0 Å². The third-order valence-electron chi connectivity index (χ3n) is 4.69. The van der Waals surface area contributed by atoms with Crippen LogP contribution in [0.5, 0.6) is 0 Å². The van der Waals surface area contributed by atoms with Gasteiger partial charge in [-0.1, -0.05) is 13.8 Å². The maximum absolute atomic E-state index is 6.20. The van der Waals surface area contributed by atoms with Gasteiger partial charge in [-0.05, 0) is 54.7 Å². The van der Waals surface area contributed by atoms with Gasteiger partial charge in [0.15, 0.2) is 0 Å². The molecule has 3 nitrogen and oxygen atoms in total. The van der Waals surface area contributed by atoms with Crippen LogP contribution in [-0.2, 0) is 12.8 Å². The Bertz CT molecular complexity index is 686. The molecule has 2 atom stereocenters. The summed E-state index contributed by atoms with van der Waals surface area (Å²) in [6.07, 6.45) is 4.94. The van der Waals surface area contributed by atoms with E-state index in [9.17, 15) is 0 Å². The lowest BCUT2D eigenvalue weighted by Gasteiger charge is -2.36. The summed E-state index contributed by atoms with van der Waals surface area (Å²) in [6.45, 7) is 6.83. The van der Waals surface area contributed by atoms with Crippen LogP contribution in [0.25, 0.3) is 10.2 Å². The van der Waals surface area contributed by atoms with Crippen LogP contribution < -0.4 is 4.90 Å². The number of rotatable bonds is 1. The largest absolute Gasteiger partial charge is 0.355 e. The Balaban J connectivity index is 1.87. The van der Waals surface area contributed by atoms with Crippen LogP contribution >= 0.6 is 22.9 Å². The van der Waals surface area contributed by atoms with Crippen molar-refractivity contribution in [2.45, 2.75) is 39.5 Å². The first kappa shape index (κ1) is 13.8. The predicted molar refractivity (Wildman–Crippen MR) is 89.6 cm³/mol. The van der Waals surface area contributed by atoms with Gasteiger partial charge in [-0.3, -0.25) is 0 Å². The van der Waals surface area contributed by atoms with Crippen LogP contribution in [-0.4, -0.2) is 23.1 Å². The van der Waals surface area contributed by atoms with Crippen molar-refractivity contribution in [3.8, 4) is 0 Å². The Hall–Kier alpha value is -0.870. The maximum atomic E-state index is 6.20. The zero-order valence-electron chi connectivity index (χ0n) is 12.5. The van der Waals surface area contributed by atoms with Crippen molar-refractivity contribution in [2.24, 2.45) is 11.8 Å². The van der Waals surface area contributed by atoms with Gasteiger partial charge in [-0.2, -0.15) is 4.98 Å². The Morgan fingerprint density at radius 1 is 1.14 bits per heavy atom. The minimum absolute atomic E-state index is 0.392. The molecular formula is C16H20ClN3S. The summed E-state index contributed by atoms with van der Waals surface area (Å²) in [7, 11) is 0. The van der Waals surface area contributed by atoms with Crippen molar-refractivity contribution < 1.29 is 0 Å². The van der Waals surface area contributed by atoms with Crippen molar-refractivity contribution in [1.82, 2.24) is 9.97 Å². The van der Waals surface area contributed by atoms with Gasteiger partial charge in [0.25, 0.3) is 0 Å². The number of aryl methyl sites for hydroxylation is 2. The molecule has 0 aromatic carbocycles. The van der Waals surface area contributed by atoms with Gasteiger partial charge in [0.2, 0.25) is 5.28 Å². The van der Waals surface area contributed by atoms with Gasteiger partial charge in [0, 0.05) is 18.0 Å². The van der Waals surface area contributed by atoms with Gasteiger partial charge < -0.3 is 4.90 Å². The average Bonchev–Trinajstić information content (AvgIpc) is 2.96. The van der Waals surface area contributed by atoms with Crippen LogP contribution in [0.15, 0.2) is 0 Å². The second kappa shape index (κ2) is 5.10. The molecular weight excluding hydrogens is 302 g/mol. The van der Waals surface area contributed by atoms with E-state index in [1.165, 1.54) is 41.5 Å². The molecule has 1 aliphatic carbocycles. The Morgan fingerprint density at radius 2 is 1.90 bits per heavy atom. The van der Waals surface area contributed by atoms with Crippen molar-refractivity contribution in [2.75, 3.05) is 18.0 Å². The topological polar surface area (TPSA) is 29.0 Å². The van der Waals surface area contributed by atoms with Gasteiger partial charge >= 0.3 is 0 Å². The first-order valence-corrected chi connectivity index (χ1v) is 9.04. The number of anilines is 1. The van der Waals surface area contributed by atoms with Gasteiger partial charge in [-0.25, -0.2) is 4.98 Å². The monoisotopic (exact) mass is 321 g/mol. The van der Waals surface area contributed by atoms with E-state index >= 15 is 0 Å². The number of thiophene rings is 1. The SMILES string of the molecule is CC1CC(C)CN(c2nc(Cl)nc3sc4c(c23)CCC4)C1. The number of hydrogen-bond donors (Lipinski definition) is 0. The first-order valence-electron chi connectivity index (χ1n) is 7.84.